The Morgan fingerprint density at radius 1 is 1.09 bits per heavy atom. The second kappa shape index (κ2) is 12.4. The van der Waals surface area contributed by atoms with E-state index in [4.69, 9.17) is 24.5 Å². The van der Waals surface area contributed by atoms with Crippen molar-refractivity contribution >= 4 is 34.0 Å². The number of carboxylic acids is 1. The topological polar surface area (TPSA) is 197 Å². The van der Waals surface area contributed by atoms with Crippen molar-refractivity contribution in [2.24, 2.45) is 58.0 Å². The molecule has 12 nitrogen and oxygen atoms in total. The Labute approximate surface area is 264 Å². The highest BCUT2D eigenvalue weighted by Crippen LogP contribution is 2.64. The van der Waals surface area contributed by atoms with Gasteiger partial charge in [-0.3, -0.25) is 18.9 Å². The maximum absolute atomic E-state index is 14.0. The van der Waals surface area contributed by atoms with E-state index in [-0.39, 0.29) is 35.6 Å². The fourth-order valence-electron chi connectivity index (χ4n) is 8.78. The van der Waals surface area contributed by atoms with Gasteiger partial charge in [0.25, 0.3) is 10.1 Å². The number of carbonyl (C=O) groups excluding carboxylic acids is 3. The minimum atomic E-state index is -4.08. The molecule has 0 aliphatic heterocycles. The number of hydrogen-bond donors (Lipinski definition) is 3. The van der Waals surface area contributed by atoms with Crippen molar-refractivity contribution in [1.29, 1.82) is 0 Å². The molecule has 5 aliphatic rings. The maximum atomic E-state index is 14.0. The number of carbonyl (C=O) groups is 4. The van der Waals surface area contributed by atoms with Crippen molar-refractivity contribution < 1.29 is 55.9 Å². The third-order valence-corrected chi connectivity index (χ3v) is 12.5. The second-order valence-corrected chi connectivity index (χ2v) is 16.4. The van der Waals surface area contributed by atoms with E-state index in [2.05, 4.69) is 20.8 Å². The molecule has 45 heavy (non-hydrogen) atoms. The standard InChI is InChI=1S/C21H32FNO7.C10H16O4S/c1-9(2)12-6-5-10(3)7-14(12)30-20(27)29-11(4)28-18(24)16-13-8-15(22)21(23,17(13)16)19(25)26;1-9(2)7-3-4-10(9,8(11)5-7)6-15(12,13)14/h9-17H,5-8,23H2,1-4H3,(H,25,26);7H,3-6H2,1-2H3,(H,12,13,14)/t10-,11+,12+,13+,14-,15+,16+,17+,21+;/m1./s1. The molecule has 5 fully saturated rings. The Hall–Kier alpha value is -2.32. The number of fused-ring (bicyclic) bond motifs is 3. The molecule has 0 aromatic rings. The van der Waals surface area contributed by atoms with Gasteiger partial charge in [0.2, 0.25) is 6.29 Å². The Balaban J connectivity index is 0.000000256. The maximum Gasteiger partial charge on any atom is 0.511 e. The third kappa shape index (κ3) is 6.60. The summed E-state index contributed by atoms with van der Waals surface area (Å²) in [7, 11) is -4.08. The number of rotatable bonds is 8. The highest BCUT2D eigenvalue weighted by atomic mass is 32.2. The first kappa shape index (κ1) is 35.5. The molecular weight excluding hydrogens is 613 g/mol. The molecule has 14 heteroatoms. The second-order valence-electron chi connectivity index (χ2n) is 14.9. The summed E-state index contributed by atoms with van der Waals surface area (Å²) in [5.41, 5.74) is 2.53. The summed E-state index contributed by atoms with van der Waals surface area (Å²) >= 11 is 0. The van der Waals surface area contributed by atoms with Gasteiger partial charge in [-0.25, -0.2) is 9.18 Å². The number of esters is 1. The van der Waals surface area contributed by atoms with Crippen molar-refractivity contribution in [3.05, 3.63) is 0 Å². The Morgan fingerprint density at radius 3 is 2.24 bits per heavy atom. The molecule has 0 aromatic heterocycles. The molecule has 2 bridgehead atoms. The smallest absolute Gasteiger partial charge is 0.480 e. The molecule has 256 valence electrons. The van der Waals surface area contributed by atoms with Crippen LogP contribution in [0.1, 0.15) is 86.5 Å². The highest BCUT2D eigenvalue weighted by Gasteiger charge is 2.75. The summed E-state index contributed by atoms with van der Waals surface area (Å²) in [6.07, 6.45) is 0.643. The van der Waals surface area contributed by atoms with Crippen LogP contribution in [-0.2, 0) is 38.7 Å². The van der Waals surface area contributed by atoms with E-state index < -0.39 is 75.1 Å². The zero-order valence-electron chi connectivity index (χ0n) is 26.9. The van der Waals surface area contributed by atoms with Gasteiger partial charge in [-0.1, -0.05) is 41.0 Å². The number of aliphatic carboxylic acids is 1. The van der Waals surface area contributed by atoms with Gasteiger partial charge in [0.05, 0.1) is 17.1 Å². The van der Waals surface area contributed by atoms with E-state index in [0.29, 0.717) is 24.7 Å². The van der Waals surface area contributed by atoms with E-state index in [0.717, 1.165) is 25.7 Å². The van der Waals surface area contributed by atoms with Crippen molar-refractivity contribution in [2.45, 2.75) is 111 Å². The lowest BCUT2D eigenvalue weighted by Gasteiger charge is -2.36. The fourth-order valence-corrected chi connectivity index (χ4v) is 10.1. The summed E-state index contributed by atoms with van der Waals surface area (Å²) in [5.74, 6) is -3.32. The number of halogens is 1. The van der Waals surface area contributed by atoms with Crippen LogP contribution in [0.5, 0.6) is 0 Å². The van der Waals surface area contributed by atoms with Crippen molar-refractivity contribution in [3.63, 3.8) is 0 Å². The monoisotopic (exact) mass is 661 g/mol. The van der Waals surface area contributed by atoms with Crippen molar-refractivity contribution in [1.82, 2.24) is 0 Å². The number of carboxylic acid groups (broad SMARTS) is 1. The first-order valence-corrected chi connectivity index (χ1v) is 17.5. The summed E-state index contributed by atoms with van der Waals surface area (Å²) in [6.45, 7) is 11.6. The zero-order valence-corrected chi connectivity index (χ0v) is 27.7. The van der Waals surface area contributed by atoms with Crippen LogP contribution < -0.4 is 5.73 Å². The molecule has 0 saturated heterocycles. The van der Waals surface area contributed by atoms with Crippen LogP contribution in [0.3, 0.4) is 0 Å². The minimum absolute atomic E-state index is 0.0152. The lowest BCUT2D eigenvalue weighted by atomic mass is 9.70. The number of ketones is 1. The van der Waals surface area contributed by atoms with Gasteiger partial charge in [-0.2, -0.15) is 8.42 Å². The van der Waals surface area contributed by atoms with Gasteiger partial charge in [0.15, 0.2) is 0 Å². The molecule has 2 unspecified atom stereocenters. The van der Waals surface area contributed by atoms with E-state index in [1.165, 1.54) is 6.92 Å². The Morgan fingerprint density at radius 2 is 1.73 bits per heavy atom. The molecule has 11 atom stereocenters. The van der Waals surface area contributed by atoms with Crippen LogP contribution in [0.15, 0.2) is 0 Å². The summed E-state index contributed by atoms with van der Waals surface area (Å²) < 4.78 is 60.7. The predicted octanol–water partition coefficient (Wildman–Crippen LogP) is 4.15. The first-order valence-electron chi connectivity index (χ1n) is 15.9. The van der Waals surface area contributed by atoms with Crippen LogP contribution >= 0.6 is 0 Å². The molecule has 5 saturated carbocycles. The van der Waals surface area contributed by atoms with Gasteiger partial charge in [0, 0.05) is 19.3 Å². The van der Waals surface area contributed by atoms with Gasteiger partial charge in [0.1, 0.15) is 23.6 Å². The van der Waals surface area contributed by atoms with Gasteiger partial charge < -0.3 is 25.1 Å². The molecule has 4 N–H and O–H groups in total. The average molecular weight is 662 g/mol. The van der Waals surface area contributed by atoms with Crippen molar-refractivity contribution in [2.75, 3.05) is 5.75 Å². The third-order valence-electron chi connectivity index (χ3n) is 11.7. The van der Waals surface area contributed by atoms with Gasteiger partial charge >= 0.3 is 18.1 Å². The molecule has 0 radical (unpaired) electrons. The molecular formula is C31H48FNO11S. The molecule has 0 spiro atoms. The SMILES string of the molecule is CC(C)[C@@H]1CC[C@@H](C)C[C@H]1OC(=O)O[C@@H](C)OC(=O)[C@H]1[C@@H]2C[C@H](F)[C@@](N)(C(=O)O)[C@@H]21.CC1(C)C2CCC1(CS(=O)(=O)O)C(=O)C2. The van der Waals surface area contributed by atoms with E-state index in [9.17, 15) is 37.1 Å². The van der Waals surface area contributed by atoms with E-state index in [1.54, 1.807) is 0 Å². The molecule has 0 aromatic carbocycles. The molecule has 5 rings (SSSR count). The van der Waals surface area contributed by atoms with Gasteiger partial charge in [-0.05, 0) is 67.1 Å². The number of alkyl halides is 1. The summed E-state index contributed by atoms with van der Waals surface area (Å²) in [6, 6.07) is 0. The molecule has 5 aliphatic carbocycles. The molecule has 0 heterocycles. The van der Waals surface area contributed by atoms with Gasteiger partial charge in [-0.15, -0.1) is 0 Å². The normalized spacial score (nSPS) is 40.2. The first-order chi connectivity index (χ1) is 20.7. The van der Waals surface area contributed by atoms with E-state index >= 15 is 0 Å². The van der Waals surface area contributed by atoms with Crippen LogP contribution in [0.2, 0.25) is 0 Å². The van der Waals surface area contributed by atoms with Crippen LogP contribution in [0, 0.1) is 52.3 Å². The van der Waals surface area contributed by atoms with Crippen LogP contribution in [0.4, 0.5) is 9.18 Å². The summed E-state index contributed by atoms with van der Waals surface area (Å²) in [5, 5.41) is 9.27. The van der Waals surface area contributed by atoms with Crippen LogP contribution in [0.25, 0.3) is 0 Å². The number of nitrogens with two attached hydrogens (primary N) is 1. The quantitative estimate of drug-likeness (QED) is 0.191. The average Bonchev–Trinajstić information content (AvgIpc) is 3.42. The van der Waals surface area contributed by atoms with E-state index in [1.807, 2.05) is 13.8 Å². The fraction of sp³-hybridized carbons (Fsp3) is 0.871. The predicted molar refractivity (Wildman–Crippen MR) is 158 cm³/mol. The van der Waals surface area contributed by atoms with Crippen LogP contribution in [-0.4, -0.2) is 71.8 Å². The number of ether oxygens (including phenoxy) is 3. The Kier molecular flexibility index (Phi) is 9.77. The lowest BCUT2D eigenvalue weighted by molar-refractivity contribution is -0.173. The largest absolute Gasteiger partial charge is 0.511 e. The van der Waals surface area contributed by atoms with Crippen molar-refractivity contribution in [3.8, 4) is 0 Å². The minimum Gasteiger partial charge on any atom is -0.480 e. The highest BCUT2D eigenvalue weighted by molar-refractivity contribution is 7.85. The Bertz CT molecular complexity index is 1300. The number of Topliss-reactive ketones (excluding diaryl/α,β-unsaturated/α-hetero) is 1. The summed E-state index contributed by atoms with van der Waals surface area (Å²) in [4.78, 5) is 47.9. The lowest BCUT2D eigenvalue weighted by Crippen LogP contribution is -2.56. The zero-order chi connectivity index (χ0) is 33.9. The number of hydrogen-bond acceptors (Lipinski definition) is 10. The molecule has 0 amide bonds.